The monoisotopic (exact) mass is 2510 g/mol. The first kappa shape index (κ1) is 128. The topological polar surface area (TPSA) is 393 Å². The van der Waals surface area contributed by atoms with Crippen LogP contribution in [0.4, 0.5) is 68.2 Å². The van der Waals surface area contributed by atoms with E-state index in [1.54, 1.807) is 106 Å². The van der Waals surface area contributed by atoms with Gasteiger partial charge in [-0.3, -0.25) is 47.4 Å². The second-order valence-corrected chi connectivity index (χ2v) is 47.4. The van der Waals surface area contributed by atoms with Gasteiger partial charge in [0, 0.05) is 200 Å². The average Bonchev–Trinajstić information content (AvgIpc) is 1.62. The summed E-state index contributed by atoms with van der Waals surface area (Å²) >= 11 is 30.5. The highest BCUT2D eigenvalue weighted by atomic mass is 127. The zero-order valence-electron chi connectivity index (χ0n) is 84.0. The van der Waals surface area contributed by atoms with Gasteiger partial charge in [0.15, 0.2) is 0 Å². The minimum Gasteiger partial charge on any atom is -0.412 e. The number of nitrogens with two attached hydrogens (primary N) is 5. The highest BCUT2D eigenvalue weighted by Gasteiger charge is 2.27. The molecule has 20 rings (SSSR count). The molecule has 0 bridgehead atoms. The first-order valence-corrected chi connectivity index (χ1v) is 62.1. The molecular formula is C102H148Cl4I2N22O7S10. The van der Waals surface area contributed by atoms with E-state index in [0.717, 1.165) is 164 Å². The minimum absolute atomic E-state index is 0. The number of hydrazine groups is 1. The molecule has 45 heteroatoms. The molecule has 0 amide bonds. The number of thiophene rings is 3. The molecule has 3 aromatic heterocycles. The predicted molar refractivity (Wildman–Crippen MR) is 666 cm³/mol. The fraction of sp³-hybridized carbons (Fsp3) is 0.500. The van der Waals surface area contributed by atoms with Gasteiger partial charge in [-0.15, -0.1) is 188 Å². The van der Waals surface area contributed by atoms with Gasteiger partial charge in [-0.05, 0) is 308 Å². The number of fused-ring (bicyclic) bond motifs is 6. The third-order valence-electron chi connectivity index (χ3n) is 25.0. The molecule has 14 heterocycles. The normalized spacial score (nSPS) is 16.4. The summed E-state index contributed by atoms with van der Waals surface area (Å²) in [7, 11) is 0. The van der Waals surface area contributed by atoms with Crippen LogP contribution in [0.2, 0.25) is 0 Å². The maximum absolute atomic E-state index is 10.9. The van der Waals surface area contributed by atoms with Crippen molar-refractivity contribution in [2.75, 3.05) is 256 Å². The number of anilines is 7. The number of alkyl halides is 3. The van der Waals surface area contributed by atoms with Gasteiger partial charge >= 0.3 is 0 Å². The first-order chi connectivity index (χ1) is 69.9. The van der Waals surface area contributed by atoms with Crippen molar-refractivity contribution in [1.82, 2.24) is 24.9 Å². The summed E-state index contributed by atoms with van der Waals surface area (Å²) in [4.78, 5) is 73.0. The van der Waals surface area contributed by atoms with E-state index in [-0.39, 0.29) is 86.1 Å². The zero-order chi connectivity index (χ0) is 101. The van der Waals surface area contributed by atoms with Crippen molar-refractivity contribution in [1.29, 1.82) is 5.41 Å². The largest absolute Gasteiger partial charge is 0.412 e. The van der Waals surface area contributed by atoms with E-state index < -0.39 is 0 Å². The Morgan fingerprint density at radius 2 is 0.721 bits per heavy atom. The maximum atomic E-state index is 10.9. The number of halogens is 6. The molecule has 29 nitrogen and oxygen atoms in total. The van der Waals surface area contributed by atoms with Crippen LogP contribution in [-0.2, 0) is 0 Å². The number of nitro groups is 3. The van der Waals surface area contributed by atoms with Gasteiger partial charge in [0.2, 0.25) is 0 Å². The Hall–Kier alpha value is -5.42. The summed E-state index contributed by atoms with van der Waals surface area (Å²) in [6, 6.07) is 46.5. The molecule has 15 N–H and O–H groups in total. The second-order valence-electron chi connectivity index (χ2n) is 35.0. The van der Waals surface area contributed by atoms with Crippen molar-refractivity contribution in [3.05, 3.63) is 207 Å². The average molecular weight is 2510 g/mol. The number of aliphatic imine (C=N–C) groups is 2. The summed E-state index contributed by atoms with van der Waals surface area (Å²) < 4.78 is 1.18. The van der Waals surface area contributed by atoms with Crippen molar-refractivity contribution in [3.8, 4) is 0 Å². The lowest BCUT2D eigenvalue weighted by atomic mass is 10.2. The van der Waals surface area contributed by atoms with Crippen LogP contribution in [0.5, 0.6) is 0 Å². The summed E-state index contributed by atoms with van der Waals surface area (Å²) in [5, 5.41) is 52.5. The van der Waals surface area contributed by atoms with Crippen LogP contribution in [-0.4, -0.2) is 277 Å². The van der Waals surface area contributed by atoms with Crippen molar-refractivity contribution < 1.29 is 20.2 Å². The maximum Gasteiger partial charge on any atom is 0.270 e. The van der Waals surface area contributed by atoms with E-state index in [1.807, 2.05) is 112 Å². The SMILES string of the molecule is C1CCNC1.CSC(=N)c1cccs1.Cl.Cl.ClCCCI.I.NC(=Nc1ccc2c(c1)SCCN2CCCN1CCCC1)c1cccs1.NC(=Nc1ccc2c(c1)SCCN2CCCN1CCCC1)c1cccs1.NN.Nc1ccc2c(c1)SCCN2CCCN1CCCC1.O.O=[N+]([O-])c1ccc2c(c1)SCCN2.O=[N+]([O-])c1ccc2c(c1)SCCN2CCCCl.O=[N+]([O-])c1ccc2c(c1)SCCN2CCCN1CCCC1. The number of hydrogen-bond donors (Lipinski definition) is 8. The fourth-order valence-corrected chi connectivity index (χ4v) is 27.7. The quantitative estimate of drug-likeness (QED) is 0.00315. The number of non-ortho nitro benzene ring substituents is 3. The van der Waals surface area contributed by atoms with Crippen molar-refractivity contribution in [2.24, 2.45) is 33.1 Å². The van der Waals surface area contributed by atoms with Crippen molar-refractivity contribution >= 4 is 296 Å². The highest BCUT2D eigenvalue weighted by Crippen LogP contribution is 2.44. The van der Waals surface area contributed by atoms with Crippen molar-refractivity contribution in [3.63, 3.8) is 0 Å². The number of nitrogens with one attached hydrogen (secondary N) is 3. The van der Waals surface area contributed by atoms with Crippen LogP contribution in [0.25, 0.3) is 0 Å². The summed E-state index contributed by atoms with van der Waals surface area (Å²) in [5.41, 5.74) is 28.8. The van der Waals surface area contributed by atoms with Gasteiger partial charge in [0.25, 0.3) is 17.1 Å². The second kappa shape index (κ2) is 73.1. The fourth-order valence-electron chi connectivity index (χ4n) is 17.8. The number of hydrogen-bond acceptors (Lipinski definition) is 33. The molecule has 6 aromatic carbocycles. The number of thioether (sulfide) groups is 7. The zero-order valence-corrected chi connectivity index (χ0v) is 99.8. The summed E-state index contributed by atoms with van der Waals surface area (Å²) in [6.07, 6.45) is 22.7. The highest BCUT2D eigenvalue weighted by molar-refractivity contribution is 14.1. The smallest absolute Gasteiger partial charge is 0.270 e. The molecule has 810 valence electrons. The number of nitrogen functional groups attached to an aromatic ring is 1. The summed E-state index contributed by atoms with van der Waals surface area (Å²) in [6.45, 7) is 29.5. The van der Waals surface area contributed by atoms with E-state index in [2.05, 4.69) is 148 Å². The molecule has 11 aliphatic heterocycles. The Bertz CT molecular complexity index is 5220. The predicted octanol–water partition coefficient (Wildman–Crippen LogP) is 23.6. The third-order valence-corrected chi connectivity index (χ3v) is 35.9. The Balaban J connectivity index is 0.000000230. The molecule has 5 saturated heterocycles. The van der Waals surface area contributed by atoms with Gasteiger partial charge in [-0.1, -0.05) is 40.8 Å². The molecule has 0 atom stereocenters. The molecule has 0 unspecified atom stereocenters. The first-order valence-electron chi connectivity index (χ1n) is 49.7. The van der Waals surface area contributed by atoms with E-state index in [4.69, 9.17) is 45.8 Å². The molecule has 0 spiro atoms. The molecule has 0 saturated carbocycles. The Kier molecular flexibility index (Phi) is 63.9. The van der Waals surface area contributed by atoms with E-state index in [9.17, 15) is 30.3 Å². The van der Waals surface area contributed by atoms with Gasteiger partial charge in [-0.25, -0.2) is 9.98 Å². The lowest BCUT2D eigenvalue weighted by Gasteiger charge is -2.31. The lowest BCUT2D eigenvalue weighted by molar-refractivity contribution is -0.385. The number of amidine groups is 2. The van der Waals surface area contributed by atoms with Gasteiger partial charge in [0.1, 0.15) is 16.7 Å². The molecule has 0 radical (unpaired) electrons. The van der Waals surface area contributed by atoms with E-state index >= 15 is 0 Å². The molecule has 11 aliphatic rings. The van der Waals surface area contributed by atoms with Gasteiger partial charge < -0.3 is 77.4 Å². The van der Waals surface area contributed by atoms with Crippen LogP contribution in [0.3, 0.4) is 0 Å². The Morgan fingerprint density at radius 1 is 0.408 bits per heavy atom. The van der Waals surface area contributed by atoms with Crippen LogP contribution >= 0.6 is 211 Å². The number of likely N-dealkylation sites (tertiary alicyclic amines) is 4. The summed E-state index contributed by atoms with van der Waals surface area (Å²) in [5.74, 6) is 17.1. The lowest BCUT2D eigenvalue weighted by Crippen LogP contribution is -2.32. The number of nitro benzene ring substituents is 3. The number of nitrogens with zero attached hydrogens (tertiary/aromatic N) is 14. The third kappa shape index (κ3) is 44.0. The van der Waals surface area contributed by atoms with Crippen LogP contribution in [0, 0.1) is 35.8 Å². The molecular weight excluding hydrogens is 2360 g/mol. The standard InChI is InChI=1S/2C20H26N4S2.C15H21N3O2S.C15H23N3S.C11H13ClN2O2S.C8H8N2O2S.C6H7NS2.C4H9N.C3H6ClI.2ClH.HI.H4N2.H2O/c2*21-20(18-5-3-13-25-18)22-16-6-7-17-19(15-16)26-14-12-24(17)11-4-10-23-8-1-2-9-23;19-18(20)13-4-5-14-15(12-13)21-11-10-17(14)9-3-8-16-6-1-2-7-16;16-13-4-5-14-15(12-13)19-11-10-18(14)9-3-8-17-6-1-2-7-17;12-4-1-5-13-6-7-17-11-8-9(14(15)16)2-3-10(11)13;11-10(12)6-1-2-7-8(5-6)13-4-3-9-7;1-8-6(7)5-3-2-4-9-5;1-2-4-5-3-1;4-2-1-3-5;;;;1-2;/h2*3,5-7,13,15H,1-2,4,8-12,14H2,(H2,21,22);4-5,12H,1-3,6-11H2;4-5,12H,1-3,6-11,16H2;2-3,8H,1,4-7H2;1-2,5,9H,3-4H2;2-4,7H,1H3;5H,1-4H2;1-3H2;3*1H;1-2H2;1H2. The van der Waals surface area contributed by atoms with Crippen LogP contribution in [0.1, 0.15) is 117 Å². The Morgan fingerprint density at radius 3 is 1.03 bits per heavy atom. The molecule has 0 aliphatic carbocycles. The van der Waals surface area contributed by atoms with Crippen LogP contribution < -0.4 is 64.0 Å². The molecule has 5 fully saturated rings. The van der Waals surface area contributed by atoms with Gasteiger partial charge in [-0.2, -0.15) is 0 Å². The Labute approximate surface area is 964 Å². The molecule has 147 heavy (non-hydrogen) atoms. The van der Waals surface area contributed by atoms with Gasteiger partial charge in [0.05, 0.1) is 69.2 Å². The minimum atomic E-state index is -0.366. The molecule has 9 aromatic rings. The van der Waals surface area contributed by atoms with E-state index in [0.29, 0.717) is 22.6 Å². The number of rotatable bonds is 29. The van der Waals surface area contributed by atoms with E-state index in [1.165, 1.54) is 260 Å². The van der Waals surface area contributed by atoms with Crippen molar-refractivity contribution in [2.45, 2.75) is 132 Å². The number of benzene rings is 6. The van der Waals surface area contributed by atoms with Crippen LogP contribution in [0.15, 0.2) is 201 Å².